The van der Waals surface area contributed by atoms with E-state index in [4.69, 9.17) is 9.72 Å². The van der Waals surface area contributed by atoms with Gasteiger partial charge in [-0.15, -0.1) is 0 Å². The van der Waals surface area contributed by atoms with Crippen LogP contribution in [0.3, 0.4) is 0 Å². The van der Waals surface area contributed by atoms with Crippen molar-refractivity contribution in [2.24, 2.45) is 0 Å². The van der Waals surface area contributed by atoms with Crippen molar-refractivity contribution in [2.75, 3.05) is 24.5 Å². The van der Waals surface area contributed by atoms with E-state index < -0.39 is 5.60 Å². The Hall–Kier alpha value is -3.00. The zero-order valence-electron chi connectivity index (χ0n) is 17.4. The Kier molecular flexibility index (Phi) is 5.67. The molecule has 1 atom stereocenters. The predicted molar refractivity (Wildman–Crippen MR) is 117 cm³/mol. The third-order valence-electron chi connectivity index (χ3n) is 4.79. The highest BCUT2D eigenvalue weighted by molar-refractivity contribution is 7.09. The third kappa shape index (κ3) is 4.59. The van der Waals surface area contributed by atoms with E-state index in [1.807, 2.05) is 69.4 Å². The molecule has 1 saturated heterocycles. The Balaban J connectivity index is 1.60. The maximum Gasteiger partial charge on any atom is 0.410 e. The van der Waals surface area contributed by atoms with Gasteiger partial charge in [-0.05, 0) is 32.4 Å². The molecule has 1 fully saturated rings. The van der Waals surface area contributed by atoms with Gasteiger partial charge in [-0.3, -0.25) is 4.98 Å². The van der Waals surface area contributed by atoms with Crippen molar-refractivity contribution in [3.05, 3.63) is 60.4 Å². The molecule has 3 heterocycles. The standard InChI is InChI=1S/C22H25N5O2S/c1-22(2,3)29-21(28)26-12-13-27(18(15-26)17-10-7-11-23-14-17)20-24-19(25-30-20)16-8-5-4-6-9-16/h4-11,14,18H,12-13,15H2,1-3H3/t18-/m0/s1. The number of carbonyl (C=O) groups is 1. The van der Waals surface area contributed by atoms with E-state index in [0.717, 1.165) is 22.1 Å². The summed E-state index contributed by atoms with van der Waals surface area (Å²) in [6.07, 6.45) is 3.30. The highest BCUT2D eigenvalue weighted by Crippen LogP contribution is 2.33. The topological polar surface area (TPSA) is 71.5 Å². The number of piperazine rings is 1. The number of ether oxygens (including phenoxy) is 1. The van der Waals surface area contributed by atoms with Crippen molar-refractivity contribution >= 4 is 22.8 Å². The number of pyridine rings is 1. The second kappa shape index (κ2) is 8.39. The fourth-order valence-corrected chi connectivity index (χ4v) is 4.16. The van der Waals surface area contributed by atoms with Gasteiger partial charge in [-0.25, -0.2) is 4.79 Å². The molecule has 0 unspecified atom stereocenters. The van der Waals surface area contributed by atoms with Gasteiger partial charge < -0.3 is 14.5 Å². The van der Waals surface area contributed by atoms with Crippen LogP contribution in [0, 0.1) is 0 Å². The summed E-state index contributed by atoms with van der Waals surface area (Å²) in [7, 11) is 0. The van der Waals surface area contributed by atoms with E-state index >= 15 is 0 Å². The number of anilines is 1. The Labute approximate surface area is 180 Å². The van der Waals surface area contributed by atoms with E-state index in [1.54, 1.807) is 11.1 Å². The van der Waals surface area contributed by atoms with Crippen molar-refractivity contribution in [3.63, 3.8) is 0 Å². The number of rotatable bonds is 3. The minimum Gasteiger partial charge on any atom is -0.444 e. The smallest absolute Gasteiger partial charge is 0.410 e. The lowest BCUT2D eigenvalue weighted by Gasteiger charge is -2.41. The van der Waals surface area contributed by atoms with Gasteiger partial charge in [0, 0.05) is 49.1 Å². The maximum atomic E-state index is 12.7. The van der Waals surface area contributed by atoms with Gasteiger partial charge in [0.25, 0.3) is 0 Å². The van der Waals surface area contributed by atoms with Crippen LogP contribution in [0.1, 0.15) is 32.4 Å². The summed E-state index contributed by atoms with van der Waals surface area (Å²) in [6, 6.07) is 13.8. The molecule has 0 aliphatic carbocycles. The minimum atomic E-state index is -0.526. The van der Waals surface area contributed by atoms with Gasteiger partial charge in [0.2, 0.25) is 5.13 Å². The van der Waals surface area contributed by atoms with Crippen LogP contribution in [0.15, 0.2) is 54.9 Å². The fraction of sp³-hybridized carbons (Fsp3) is 0.364. The van der Waals surface area contributed by atoms with E-state index in [1.165, 1.54) is 11.5 Å². The summed E-state index contributed by atoms with van der Waals surface area (Å²) in [4.78, 5) is 25.7. The molecule has 2 aromatic heterocycles. The average molecular weight is 424 g/mol. The molecule has 1 amide bonds. The molecule has 4 rings (SSSR count). The van der Waals surface area contributed by atoms with Crippen LogP contribution in [0.25, 0.3) is 11.4 Å². The molecule has 30 heavy (non-hydrogen) atoms. The first-order chi connectivity index (χ1) is 14.4. The summed E-state index contributed by atoms with van der Waals surface area (Å²) in [6.45, 7) is 7.35. The van der Waals surface area contributed by atoms with Gasteiger partial charge in [-0.1, -0.05) is 36.4 Å². The van der Waals surface area contributed by atoms with E-state index in [-0.39, 0.29) is 12.1 Å². The first-order valence-corrected chi connectivity index (χ1v) is 10.7. The van der Waals surface area contributed by atoms with E-state index in [9.17, 15) is 4.79 Å². The minimum absolute atomic E-state index is 0.0726. The van der Waals surface area contributed by atoms with Gasteiger partial charge in [0.15, 0.2) is 5.82 Å². The maximum absolute atomic E-state index is 12.7. The number of amides is 1. The molecule has 0 bridgehead atoms. The summed E-state index contributed by atoms with van der Waals surface area (Å²) in [5, 5.41) is 0.839. The van der Waals surface area contributed by atoms with Crippen LogP contribution < -0.4 is 4.90 Å². The number of aromatic nitrogens is 3. The first-order valence-electron chi connectivity index (χ1n) is 9.94. The zero-order valence-corrected chi connectivity index (χ0v) is 18.2. The summed E-state index contributed by atoms with van der Waals surface area (Å²) < 4.78 is 10.2. The Morgan fingerprint density at radius 3 is 2.63 bits per heavy atom. The van der Waals surface area contributed by atoms with E-state index in [0.29, 0.717) is 19.6 Å². The lowest BCUT2D eigenvalue weighted by Crippen LogP contribution is -2.51. The Morgan fingerprint density at radius 1 is 1.13 bits per heavy atom. The molecule has 1 aromatic carbocycles. The molecule has 7 nitrogen and oxygen atoms in total. The van der Waals surface area contributed by atoms with Gasteiger partial charge >= 0.3 is 6.09 Å². The number of nitrogens with zero attached hydrogens (tertiary/aromatic N) is 5. The largest absolute Gasteiger partial charge is 0.444 e. The first kappa shape index (κ1) is 20.3. The quantitative estimate of drug-likeness (QED) is 0.622. The molecule has 3 aromatic rings. The lowest BCUT2D eigenvalue weighted by molar-refractivity contribution is 0.0214. The molecule has 8 heteroatoms. The lowest BCUT2D eigenvalue weighted by atomic mass is 10.1. The van der Waals surface area contributed by atoms with Crippen LogP contribution in [0.4, 0.5) is 9.93 Å². The van der Waals surface area contributed by atoms with Crippen molar-refractivity contribution in [2.45, 2.75) is 32.4 Å². The van der Waals surface area contributed by atoms with Crippen LogP contribution >= 0.6 is 11.5 Å². The van der Waals surface area contributed by atoms with Crippen molar-refractivity contribution < 1.29 is 9.53 Å². The third-order valence-corrected chi connectivity index (χ3v) is 5.55. The van der Waals surface area contributed by atoms with Gasteiger partial charge in [0.1, 0.15) is 5.60 Å². The molecule has 0 spiro atoms. The number of hydrogen-bond acceptors (Lipinski definition) is 7. The average Bonchev–Trinajstić information content (AvgIpc) is 3.23. The SMILES string of the molecule is CC(C)(C)OC(=O)N1CCN(c2nc(-c3ccccc3)ns2)[C@H](c2cccnc2)C1. The van der Waals surface area contributed by atoms with Crippen LogP contribution in [0.5, 0.6) is 0 Å². The van der Waals surface area contributed by atoms with Crippen molar-refractivity contribution in [1.82, 2.24) is 19.2 Å². The number of benzene rings is 1. The predicted octanol–water partition coefficient (Wildman–Crippen LogP) is 4.40. The molecule has 0 N–H and O–H groups in total. The molecule has 0 saturated carbocycles. The highest BCUT2D eigenvalue weighted by Gasteiger charge is 2.34. The molecule has 0 radical (unpaired) electrons. The Morgan fingerprint density at radius 2 is 1.93 bits per heavy atom. The molecule has 1 aliphatic rings. The molecule has 1 aliphatic heterocycles. The van der Waals surface area contributed by atoms with Crippen molar-refractivity contribution in [1.29, 1.82) is 0 Å². The molecular formula is C22H25N5O2S. The zero-order chi connectivity index (χ0) is 21.1. The molecule has 156 valence electrons. The second-order valence-corrected chi connectivity index (χ2v) is 8.92. The van der Waals surface area contributed by atoms with Gasteiger partial charge in [0.05, 0.1) is 6.04 Å². The monoisotopic (exact) mass is 423 g/mol. The normalized spacial score (nSPS) is 17.1. The van der Waals surface area contributed by atoms with Gasteiger partial charge in [-0.2, -0.15) is 9.36 Å². The van der Waals surface area contributed by atoms with Crippen LogP contribution in [-0.4, -0.2) is 50.6 Å². The molecular weight excluding hydrogens is 398 g/mol. The van der Waals surface area contributed by atoms with E-state index in [2.05, 4.69) is 14.3 Å². The number of hydrogen-bond donors (Lipinski definition) is 0. The summed E-state index contributed by atoms with van der Waals surface area (Å²) in [5.74, 6) is 0.718. The summed E-state index contributed by atoms with van der Waals surface area (Å²) >= 11 is 1.38. The highest BCUT2D eigenvalue weighted by atomic mass is 32.1. The van der Waals surface area contributed by atoms with Crippen LogP contribution in [-0.2, 0) is 4.74 Å². The van der Waals surface area contributed by atoms with Crippen molar-refractivity contribution in [3.8, 4) is 11.4 Å². The summed E-state index contributed by atoms with van der Waals surface area (Å²) in [5.41, 5.74) is 1.49. The number of carbonyl (C=O) groups excluding carboxylic acids is 1. The Bertz CT molecular complexity index is 988. The van der Waals surface area contributed by atoms with Crippen LogP contribution in [0.2, 0.25) is 0 Å². The fourth-order valence-electron chi connectivity index (χ4n) is 3.40. The second-order valence-electron chi connectivity index (χ2n) is 8.19.